The van der Waals surface area contributed by atoms with Gasteiger partial charge in [0, 0.05) is 36.6 Å². The highest BCUT2D eigenvalue weighted by atomic mass is 16.3. The Morgan fingerprint density at radius 3 is 2.73 bits per heavy atom. The smallest absolute Gasteiger partial charge is 0.287 e. The van der Waals surface area contributed by atoms with Crippen LogP contribution >= 0.6 is 0 Å². The van der Waals surface area contributed by atoms with Crippen LogP contribution < -0.4 is 5.32 Å². The van der Waals surface area contributed by atoms with Gasteiger partial charge in [-0.15, -0.1) is 0 Å². The summed E-state index contributed by atoms with van der Waals surface area (Å²) in [5, 5.41) is 4.18. The monoisotopic (exact) mass is 348 g/mol. The van der Waals surface area contributed by atoms with Crippen LogP contribution in [0.15, 0.2) is 52.9 Å². The van der Waals surface area contributed by atoms with Crippen molar-refractivity contribution in [3.63, 3.8) is 0 Å². The van der Waals surface area contributed by atoms with Crippen molar-refractivity contribution in [1.82, 2.24) is 10.2 Å². The molecule has 1 unspecified atom stereocenters. The average Bonchev–Trinajstić information content (AvgIpc) is 3.21. The predicted molar refractivity (Wildman–Crippen MR) is 103 cm³/mol. The van der Waals surface area contributed by atoms with Gasteiger partial charge >= 0.3 is 0 Å². The van der Waals surface area contributed by atoms with Gasteiger partial charge in [0.15, 0.2) is 5.76 Å². The van der Waals surface area contributed by atoms with Crippen molar-refractivity contribution >= 4 is 16.9 Å². The molecule has 1 saturated heterocycles. The van der Waals surface area contributed by atoms with Crippen LogP contribution in [0.3, 0.4) is 0 Å². The Morgan fingerprint density at radius 2 is 1.96 bits per heavy atom. The second-order valence-electron chi connectivity index (χ2n) is 7.19. The number of rotatable bonds is 4. The number of aryl methyl sites for hydroxylation is 2. The van der Waals surface area contributed by atoms with Crippen LogP contribution in [0, 0.1) is 13.8 Å². The van der Waals surface area contributed by atoms with Gasteiger partial charge in [-0.3, -0.25) is 9.69 Å². The predicted octanol–water partition coefficient (Wildman–Crippen LogP) is 4.05. The van der Waals surface area contributed by atoms with Crippen LogP contribution in [-0.2, 0) is 6.54 Å². The van der Waals surface area contributed by atoms with E-state index in [9.17, 15) is 4.79 Å². The number of carbonyl (C=O) groups excluding carboxylic acids is 1. The molecule has 3 aromatic rings. The molecule has 0 radical (unpaired) electrons. The van der Waals surface area contributed by atoms with E-state index in [0.717, 1.165) is 48.2 Å². The van der Waals surface area contributed by atoms with Crippen LogP contribution in [0.1, 0.15) is 33.7 Å². The van der Waals surface area contributed by atoms with E-state index in [4.69, 9.17) is 4.42 Å². The molecule has 1 aliphatic rings. The first-order chi connectivity index (χ1) is 12.6. The van der Waals surface area contributed by atoms with Crippen molar-refractivity contribution in [3.05, 3.63) is 71.0 Å². The fraction of sp³-hybridized carbons (Fsp3) is 0.318. The van der Waals surface area contributed by atoms with Gasteiger partial charge in [0.1, 0.15) is 5.58 Å². The van der Waals surface area contributed by atoms with E-state index in [1.165, 1.54) is 5.56 Å². The summed E-state index contributed by atoms with van der Waals surface area (Å²) < 4.78 is 5.90. The molecule has 1 N–H and O–H groups in total. The number of nitrogens with one attached hydrogen (secondary N) is 1. The summed E-state index contributed by atoms with van der Waals surface area (Å²) in [6.45, 7) is 6.76. The number of hydrogen-bond donors (Lipinski definition) is 1. The molecule has 4 nitrogen and oxygen atoms in total. The minimum Gasteiger partial charge on any atom is -0.450 e. The van der Waals surface area contributed by atoms with E-state index in [0.29, 0.717) is 5.76 Å². The van der Waals surface area contributed by atoms with E-state index in [-0.39, 0.29) is 11.9 Å². The molecule has 0 bridgehead atoms. The van der Waals surface area contributed by atoms with Gasteiger partial charge < -0.3 is 9.73 Å². The highest BCUT2D eigenvalue weighted by Crippen LogP contribution is 2.28. The van der Waals surface area contributed by atoms with Crippen molar-refractivity contribution in [1.29, 1.82) is 0 Å². The number of carbonyl (C=O) groups is 1. The number of fused-ring (bicyclic) bond motifs is 1. The second-order valence-corrected chi connectivity index (χ2v) is 7.19. The third-order valence-corrected chi connectivity index (χ3v) is 5.22. The summed E-state index contributed by atoms with van der Waals surface area (Å²) in [7, 11) is 0. The first-order valence-corrected chi connectivity index (χ1v) is 9.17. The topological polar surface area (TPSA) is 45.5 Å². The summed E-state index contributed by atoms with van der Waals surface area (Å²) in [6.07, 6.45) is 0.969. The lowest BCUT2D eigenvalue weighted by Gasteiger charge is -2.16. The van der Waals surface area contributed by atoms with Gasteiger partial charge in [-0.25, -0.2) is 0 Å². The van der Waals surface area contributed by atoms with Crippen molar-refractivity contribution in [2.75, 3.05) is 13.1 Å². The van der Waals surface area contributed by atoms with Crippen molar-refractivity contribution in [2.45, 2.75) is 32.9 Å². The lowest BCUT2D eigenvalue weighted by Crippen LogP contribution is -2.37. The molecule has 1 aliphatic heterocycles. The molecular formula is C22H24N2O2. The van der Waals surface area contributed by atoms with Crippen LogP contribution in [0.5, 0.6) is 0 Å². The van der Waals surface area contributed by atoms with Gasteiger partial charge in [-0.1, -0.05) is 48.5 Å². The lowest BCUT2D eigenvalue weighted by molar-refractivity contribution is 0.0911. The second kappa shape index (κ2) is 6.96. The van der Waals surface area contributed by atoms with Gasteiger partial charge in [-0.05, 0) is 31.4 Å². The Bertz CT molecular complexity index is 930. The van der Waals surface area contributed by atoms with Gasteiger partial charge in [0.05, 0.1) is 0 Å². The van der Waals surface area contributed by atoms with Crippen molar-refractivity contribution < 1.29 is 9.21 Å². The quantitative estimate of drug-likeness (QED) is 0.773. The van der Waals surface area contributed by atoms with Crippen LogP contribution in [0.25, 0.3) is 11.0 Å². The number of benzene rings is 2. The number of amides is 1. The van der Waals surface area contributed by atoms with Crippen LogP contribution in [0.2, 0.25) is 0 Å². The summed E-state index contributed by atoms with van der Waals surface area (Å²) in [5.74, 6) is 0.334. The van der Waals surface area contributed by atoms with Crippen LogP contribution in [-0.4, -0.2) is 29.9 Å². The molecule has 134 valence electrons. The van der Waals surface area contributed by atoms with Gasteiger partial charge in [0.25, 0.3) is 5.91 Å². The summed E-state index contributed by atoms with van der Waals surface area (Å²) in [5.41, 5.74) is 4.09. The Labute approximate surface area is 153 Å². The fourth-order valence-electron chi connectivity index (χ4n) is 3.79. The van der Waals surface area contributed by atoms with Crippen LogP contribution in [0.4, 0.5) is 0 Å². The third-order valence-electron chi connectivity index (χ3n) is 5.22. The molecule has 0 spiro atoms. The molecule has 1 amide bonds. The fourth-order valence-corrected chi connectivity index (χ4v) is 3.79. The lowest BCUT2D eigenvalue weighted by atomic mass is 10.1. The maximum atomic E-state index is 12.7. The summed E-state index contributed by atoms with van der Waals surface area (Å²) >= 11 is 0. The molecule has 4 heteroatoms. The normalized spacial score (nSPS) is 17.7. The van der Waals surface area contributed by atoms with Gasteiger partial charge in [-0.2, -0.15) is 0 Å². The maximum Gasteiger partial charge on any atom is 0.287 e. The highest BCUT2D eigenvalue weighted by molar-refractivity contribution is 5.99. The minimum absolute atomic E-state index is 0.107. The molecule has 1 aromatic heterocycles. The first kappa shape index (κ1) is 16.9. The SMILES string of the molecule is Cc1c(C(=O)NC2CCN(Cc3ccccc3)C2)oc2c(C)cccc12. The molecule has 2 aromatic carbocycles. The van der Waals surface area contributed by atoms with Crippen molar-refractivity contribution in [3.8, 4) is 0 Å². The number of furan rings is 1. The molecule has 0 aliphatic carbocycles. The number of nitrogens with zero attached hydrogens (tertiary/aromatic N) is 1. The Kier molecular flexibility index (Phi) is 4.51. The molecule has 26 heavy (non-hydrogen) atoms. The standard InChI is InChI=1S/C22H24N2O2/c1-15-7-6-10-19-16(2)21(26-20(15)19)22(25)23-18-11-12-24(14-18)13-17-8-4-3-5-9-17/h3-10,18H,11-14H2,1-2H3,(H,23,25). The van der Waals surface area contributed by atoms with E-state index < -0.39 is 0 Å². The van der Waals surface area contributed by atoms with E-state index in [2.05, 4.69) is 34.5 Å². The molecular weight excluding hydrogens is 324 g/mol. The summed E-state index contributed by atoms with van der Waals surface area (Å²) in [6, 6.07) is 16.6. The highest BCUT2D eigenvalue weighted by Gasteiger charge is 2.26. The Hall–Kier alpha value is -2.59. The minimum atomic E-state index is -0.107. The molecule has 2 heterocycles. The van der Waals surface area contributed by atoms with E-state index in [1.54, 1.807) is 0 Å². The first-order valence-electron chi connectivity index (χ1n) is 9.17. The third kappa shape index (κ3) is 3.25. The molecule has 0 saturated carbocycles. The Balaban J connectivity index is 1.43. The Morgan fingerprint density at radius 1 is 1.15 bits per heavy atom. The molecule has 1 fully saturated rings. The zero-order valence-corrected chi connectivity index (χ0v) is 15.3. The number of likely N-dealkylation sites (tertiary alicyclic amines) is 1. The summed E-state index contributed by atoms with van der Waals surface area (Å²) in [4.78, 5) is 15.1. The largest absolute Gasteiger partial charge is 0.450 e. The zero-order valence-electron chi connectivity index (χ0n) is 15.3. The van der Waals surface area contributed by atoms with Gasteiger partial charge in [0.2, 0.25) is 0 Å². The molecule has 1 atom stereocenters. The van der Waals surface area contributed by atoms with E-state index in [1.807, 2.05) is 38.1 Å². The number of para-hydroxylation sites is 1. The van der Waals surface area contributed by atoms with E-state index >= 15 is 0 Å². The average molecular weight is 348 g/mol. The van der Waals surface area contributed by atoms with Crippen molar-refractivity contribution in [2.24, 2.45) is 0 Å². The molecule has 4 rings (SSSR count). The zero-order chi connectivity index (χ0) is 18.1. The number of hydrogen-bond acceptors (Lipinski definition) is 3. The maximum absolute atomic E-state index is 12.7.